The van der Waals surface area contributed by atoms with Crippen molar-refractivity contribution in [2.24, 2.45) is 5.73 Å². The Morgan fingerprint density at radius 1 is 1.40 bits per heavy atom. The van der Waals surface area contributed by atoms with Crippen LogP contribution in [0.2, 0.25) is 0 Å². The topological polar surface area (TPSA) is 48.1 Å². The summed E-state index contributed by atoms with van der Waals surface area (Å²) in [5.74, 6) is 0.796. The first kappa shape index (κ1) is 10.4. The van der Waals surface area contributed by atoms with Crippen molar-refractivity contribution in [2.75, 3.05) is 7.11 Å². The zero-order valence-electron chi connectivity index (χ0n) is 9.58. The molecule has 1 heterocycles. The molecule has 0 spiro atoms. The summed E-state index contributed by atoms with van der Waals surface area (Å²) in [6, 6.07) is 3.98. The molecule has 3 heteroatoms. The molecule has 15 heavy (non-hydrogen) atoms. The van der Waals surface area contributed by atoms with Crippen LogP contribution in [0.5, 0.6) is 5.75 Å². The third kappa shape index (κ3) is 1.61. The molecule has 2 N–H and O–H groups in total. The monoisotopic (exact) mass is 206 g/mol. The number of aromatic nitrogens is 1. The maximum absolute atomic E-state index is 6.21. The molecule has 0 aromatic carbocycles. The third-order valence-corrected chi connectivity index (χ3v) is 3.45. The summed E-state index contributed by atoms with van der Waals surface area (Å²) in [7, 11) is 1.65. The van der Waals surface area contributed by atoms with Gasteiger partial charge in [-0.3, -0.25) is 4.98 Å². The Hall–Kier alpha value is -1.09. The lowest BCUT2D eigenvalue weighted by molar-refractivity contribution is 0.380. The van der Waals surface area contributed by atoms with Crippen LogP contribution in [-0.2, 0) is 5.41 Å². The summed E-state index contributed by atoms with van der Waals surface area (Å²) in [5.41, 5.74) is 7.18. The zero-order valence-corrected chi connectivity index (χ0v) is 9.58. The molecular weight excluding hydrogens is 188 g/mol. The van der Waals surface area contributed by atoms with Gasteiger partial charge in [0.1, 0.15) is 5.75 Å². The average molecular weight is 206 g/mol. The molecule has 82 valence electrons. The van der Waals surface area contributed by atoms with Gasteiger partial charge in [0.05, 0.1) is 13.3 Å². The summed E-state index contributed by atoms with van der Waals surface area (Å²) in [6.45, 7) is 4.15. The molecule has 0 atom stereocenters. The number of methoxy groups -OCH3 is 1. The molecule has 0 radical (unpaired) electrons. The van der Waals surface area contributed by atoms with E-state index in [0.717, 1.165) is 24.3 Å². The molecule has 1 aliphatic carbocycles. The van der Waals surface area contributed by atoms with E-state index in [0.29, 0.717) is 0 Å². The van der Waals surface area contributed by atoms with Crippen LogP contribution in [0.15, 0.2) is 18.3 Å². The predicted molar refractivity (Wildman–Crippen MR) is 60.0 cm³/mol. The van der Waals surface area contributed by atoms with Crippen molar-refractivity contribution >= 4 is 0 Å². The molecular formula is C12H18N2O. The lowest BCUT2D eigenvalue weighted by atomic mass is 9.82. The quantitative estimate of drug-likeness (QED) is 0.821. The normalized spacial score (nSPS) is 18.7. The fraction of sp³-hybridized carbons (Fsp3) is 0.583. The molecule has 1 aromatic heterocycles. The summed E-state index contributed by atoms with van der Waals surface area (Å²) < 4.78 is 5.09. The highest BCUT2D eigenvalue weighted by Gasteiger charge is 2.54. The fourth-order valence-corrected chi connectivity index (χ4v) is 2.14. The maximum atomic E-state index is 6.21. The number of ether oxygens (including phenoxy) is 1. The molecule has 3 nitrogen and oxygen atoms in total. The third-order valence-electron chi connectivity index (χ3n) is 3.45. The van der Waals surface area contributed by atoms with Crippen LogP contribution in [0, 0.1) is 0 Å². The van der Waals surface area contributed by atoms with Crippen molar-refractivity contribution < 1.29 is 4.74 Å². The molecule has 0 saturated heterocycles. The Morgan fingerprint density at radius 2 is 2.07 bits per heavy atom. The number of pyridine rings is 1. The number of nitrogens with zero attached hydrogens (tertiary/aromatic N) is 1. The van der Waals surface area contributed by atoms with Crippen LogP contribution in [0.1, 0.15) is 32.4 Å². The average Bonchev–Trinajstić information content (AvgIpc) is 2.98. The molecule has 2 rings (SSSR count). The lowest BCUT2D eigenvalue weighted by Crippen LogP contribution is -2.45. The maximum Gasteiger partial charge on any atom is 0.137 e. The Balaban J connectivity index is 2.30. The van der Waals surface area contributed by atoms with Crippen LogP contribution >= 0.6 is 0 Å². The molecule has 0 bridgehead atoms. The Bertz CT molecular complexity index is 347. The molecule has 1 aromatic rings. The van der Waals surface area contributed by atoms with E-state index in [2.05, 4.69) is 18.8 Å². The summed E-state index contributed by atoms with van der Waals surface area (Å²) in [4.78, 5) is 4.45. The lowest BCUT2D eigenvalue weighted by Gasteiger charge is -2.30. The predicted octanol–water partition coefficient (Wildman–Crippen LogP) is 1.86. The standard InChI is InChI=1S/C12H18N2O/c1-11(2,13)12(6-7-12)10-5-4-9(15-3)8-14-10/h4-5,8H,6-7,13H2,1-3H3. The van der Waals surface area contributed by atoms with Crippen molar-refractivity contribution in [2.45, 2.75) is 37.6 Å². The van der Waals surface area contributed by atoms with Gasteiger partial charge in [-0.15, -0.1) is 0 Å². The van der Waals surface area contributed by atoms with Crippen molar-refractivity contribution in [1.29, 1.82) is 0 Å². The smallest absolute Gasteiger partial charge is 0.137 e. The summed E-state index contributed by atoms with van der Waals surface area (Å²) in [5, 5.41) is 0. The van der Waals surface area contributed by atoms with Gasteiger partial charge in [-0.05, 0) is 38.8 Å². The zero-order chi connectivity index (χ0) is 11.1. The van der Waals surface area contributed by atoms with Gasteiger partial charge in [-0.25, -0.2) is 0 Å². The van der Waals surface area contributed by atoms with Crippen molar-refractivity contribution in [3.63, 3.8) is 0 Å². The highest BCUT2D eigenvalue weighted by atomic mass is 16.5. The number of hydrogen-bond acceptors (Lipinski definition) is 3. The van der Waals surface area contributed by atoms with Gasteiger partial charge in [0.15, 0.2) is 0 Å². The SMILES string of the molecule is COc1ccc(C2(C(C)(C)N)CC2)nc1. The van der Waals surface area contributed by atoms with Crippen LogP contribution in [-0.4, -0.2) is 17.6 Å². The van der Waals surface area contributed by atoms with Gasteiger partial charge in [0.2, 0.25) is 0 Å². The van der Waals surface area contributed by atoms with Gasteiger partial charge in [0, 0.05) is 16.6 Å². The Labute approximate surface area is 90.7 Å². The van der Waals surface area contributed by atoms with E-state index in [1.54, 1.807) is 13.3 Å². The highest BCUT2D eigenvalue weighted by Crippen LogP contribution is 2.53. The molecule has 0 amide bonds. The van der Waals surface area contributed by atoms with Crippen LogP contribution in [0.3, 0.4) is 0 Å². The van der Waals surface area contributed by atoms with Gasteiger partial charge in [0.25, 0.3) is 0 Å². The first-order valence-corrected chi connectivity index (χ1v) is 5.29. The van der Waals surface area contributed by atoms with E-state index in [9.17, 15) is 0 Å². The van der Waals surface area contributed by atoms with Crippen molar-refractivity contribution in [1.82, 2.24) is 4.98 Å². The van der Waals surface area contributed by atoms with Gasteiger partial charge >= 0.3 is 0 Å². The molecule has 1 fully saturated rings. The van der Waals surface area contributed by atoms with E-state index < -0.39 is 0 Å². The van der Waals surface area contributed by atoms with Gasteiger partial charge in [-0.2, -0.15) is 0 Å². The molecule has 1 aliphatic rings. The number of nitrogens with two attached hydrogens (primary N) is 1. The second kappa shape index (κ2) is 3.20. The minimum absolute atomic E-state index is 0.0826. The summed E-state index contributed by atoms with van der Waals surface area (Å²) in [6.07, 6.45) is 4.03. The van der Waals surface area contributed by atoms with Crippen molar-refractivity contribution in [3.8, 4) is 5.75 Å². The first-order chi connectivity index (χ1) is 6.99. The van der Waals surface area contributed by atoms with Crippen molar-refractivity contribution in [3.05, 3.63) is 24.0 Å². The minimum Gasteiger partial charge on any atom is -0.495 e. The Morgan fingerprint density at radius 3 is 2.40 bits per heavy atom. The van der Waals surface area contributed by atoms with E-state index >= 15 is 0 Å². The summed E-state index contributed by atoms with van der Waals surface area (Å²) >= 11 is 0. The second-order valence-electron chi connectivity index (χ2n) is 4.89. The van der Waals surface area contributed by atoms with E-state index in [1.165, 1.54) is 0 Å². The molecule has 0 unspecified atom stereocenters. The highest BCUT2D eigenvalue weighted by molar-refractivity contribution is 5.33. The number of hydrogen-bond donors (Lipinski definition) is 1. The number of rotatable bonds is 3. The van der Waals surface area contributed by atoms with Crippen LogP contribution in [0.4, 0.5) is 0 Å². The fourth-order valence-electron chi connectivity index (χ4n) is 2.14. The van der Waals surface area contributed by atoms with Gasteiger partial charge in [-0.1, -0.05) is 0 Å². The largest absolute Gasteiger partial charge is 0.495 e. The van der Waals surface area contributed by atoms with E-state index in [1.807, 2.05) is 12.1 Å². The molecule has 1 saturated carbocycles. The first-order valence-electron chi connectivity index (χ1n) is 5.29. The second-order valence-corrected chi connectivity index (χ2v) is 4.89. The Kier molecular flexibility index (Phi) is 2.23. The van der Waals surface area contributed by atoms with E-state index in [4.69, 9.17) is 10.5 Å². The van der Waals surface area contributed by atoms with Crippen LogP contribution in [0.25, 0.3) is 0 Å². The molecule has 0 aliphatic heterocycles. The minimum atomic E-state index is -0.200. The van der Waals surface area contributed by atoms with E-state index in [-0.39, 0.29) is 11.0 Å². The van der Waals surface area contributed by atoms with Gasteiger partial charge < -0.3 is 10.5 Å². The van der Waals surface area contributed by atoms with Crippen LogP contribution < -0.4 is 10.5 Å².